The maximum atomic E-state index is 12.3. The number of likely N-dealkylation sites (tertiary alicyclic amines) is 1. The van der Waals surface area contributed by atoms with Gasteiger partial charge in [-0.1, -0.05) is 97.8 Å². The van der Waals surface area contributed by atoms with Gasteiger partial charge < -0.3 is 9.47 Å². The third-order valence-corrected chi connectivity index (χ3v) is 5.79. The highest BCUT2D eigenvalue weighted by molar-refractivity contribution is 5.82. The van der Waals surface area contributed by atoms with Gasteiger partial charge in [0.05, 0.1) is 13.2 Å². The van der Waals surface area contributed by atoms with Crippen molar-refractivity contribution in [2.45, 2.75) is 123 Å². The highest BCUT2D eigenvalue weighted by Gasteiger charge is 2.36. The number of carbonyl (C=O) groups excluding carboxylic acids is 2. The second kappa shape index (κ2) is 17.4. The molecule has 0 aromatic rings. The molecule has 0 aromatic heterocycles. The second-order valence-electron chi connectivity index (χ2n) is 9.23. The van der Waals surface area contributed by atoms with Gasteiger partial charge in [-0.2, -0.15) is 0 Å². The van der Waals surface area contributed by atoms with Crippen LogP contribution in [0.4, 0.5) is 4.79 Å². The third kappa shape index (κ3) is 12.4. The molecule has 0 N–H and O–H groups in total. The minimum atomic E-state index is -0.466. The molecular formula is C25H47NO4. The fraction of sp³-hybridized carbons (Fsp3) is 0.920. The van der Waals surface area contributed by atoms with Crippen molar-refractivity contribution in [3.63, 3.8) is 0 Å². The molecule has 0 aromatic carbocycles. The fourth-order valence-electron chi connectivity index (χ4n) is 3.94. The molecule has 0 bridgehead atoms. The molecule has 0 saturated carbocycles. The van der Waals surface area contributed by atoms with E-state index in [1.54, 1.807) is 0 Å². The molecule has 1 fully saturated rings. The van der Waals surface area contributed by atoms with Crippen LogP contribution >= 0.6 is 0 Å². The van der Waals surface area contributed by atoms with E-state index in [0.717, 1.165) is 19.3 Å². The van der Waals surface area contributed by atoms with E-state index in [-0.39, 0.29) is 18.0 Å². The summed E-state index contributed by atoms with van der Waals surface area (Å²) >= 11 is 0. The molecule has 0 radical (unpaired) electrons. The molecule has 0 spiro atoms. The van der Waals surface area contributed by atoms with Gasteiger partial charge in [-0.3, -0.25) is 4.90 Å². The molecule has 1 heterocycles. The van der Waals surface area contributed by atoms with Crippen molar-refractivity contribution in [2.75, 3.05) is 19.8 Å². The Bertz CT molecular complexity index is 452. The van der Waals surface area contributed by atoms with Gasteiger partial charge in [-0.15, -0.1) is 0 Å². The number of esters is 1. The van der Waals surface area contributed by atoms with Gasteiger partial charge in [-0.25, -0.2) is 9.59 Å². The monoisotopic (exact) mass is 425 g/mol. The van der Waals surface area contributed by atoms with Gasteiger partial charge in [0.15, 0.2) is 0 Å². The lowest BCUT2D eigenvalue weighted by molar-refractivity contribution is -0.148. The number of amides is 1. The second-order valence-corrected chi connectivity index (χ2v) is 9.23. The number of hydrogen-bond acceptors (Lipinski definition) is 4. The molecule has 0 aliphatic carbocycles. The Hall–Kier alpha value is -1.26. The van der Waals surface area contributed by atoms with Crippen LogP contribution < -0.4 is 0 Å². The Morgan fingerprint density at radius 1 is 0.833 bits per heavy atom. The zero-order chi connectivity index (χ0) is 22.0. The van der Waals surface area contributed by atoms with E-state index in [1.807, 2.05) is 13.8 Å². The molecule has 1 aliphatic rings. The minimum absolute atomic E-state index is 0.270. The van der Waals surface area contributed by atoms with Gasteiger partial charge in [0, 0.05) is 6.54 Å². The normalized spacial score (nSPS) is 16.3. The lowest BCUT2D eigenvalue weighted by Gasteiger charge is -2.23. The van der Waals surface area contributed by atoms with Crippen molar-refractivity contribution in [3.8, 4) is 0 Å². The molecule has 5 nitrogen and oxygen atoms in total. The number of carbonyl (C=O) groups is 2. The summed E-state index contributed by atoms with van der Waals surface area (Å²) in [4.78, 5) is 26.0. The maximum absolute atomic E-state index is 12.3. The molecule has 1 atom stereocenters. The summed E-state index contributed by atoms with van der Waals surface area (Å²) < 4.78 is 10.7. The fourth-order valence-corrected chi connectivity index (χ4v) is 3.94. The average Bonchev–Trinajstić information content (AvgIpc) is 3.22. The van der Waals surface area contributed by atoms with E-state index in [4.69, 9.17) is 9.47 Å². The zero-order valence-electron chi connectivity index (χ0n) is 20.0. The lowest BCUT2D eigenvalue weighted by atomic mass is 10.0. The minimum Gasteiger partial charge on any atom is -0.464 e. The van der Waals surface area contributed by atoms with Crippen LogP contribution in [-0.2, 0) is 14.3 Å². The molecule has 0 unspecified atom stereocenters. The van der Waals surface area contributed by atoms with Crippen LogP contribution in [-0.4, -0.2) is 42.8 Å². The van der Waals surface area contributed by atoms with Gasteiger partial charge in [0.2, 0.25) is 0 Å². The summed E-state index contributed by atoms with van der Waals surface area (Å²) in [7, 11) is 0. The quantitative estimate of drug-likeness (QED) is 0.188. The molecule has 1 aliphatic heterocycles. The van der Waals surface area contributed by atoms with Crippen molar-refractivity contribution in [2.24, 2.45) is 5.92 Å². The smallest absolute Gasteiger partial charge is 0.410 e. The van der Waals surface area contributed by atoms with Gasteiger partial charge in [0.25, 0.3) is 0 Å². The molecular weight excluding hydrogens is 378 g/mol. The Morgan fingerprint density at radius 3 is 1.90 bits per heavy atom. The van der Waals surface area contributed by atoms with Crippen LogP contribution in [0.2, 0.25) is 0 Å². The number of ether oxygens (including phenoxy) is 2. The van der Waals surface area contributed by atoms with Crippen molar-refractivity contribution in [1.82, 2.24) is 4.90 Å². The summed E-state index contributed by atoms with van der Waals surface area (Å²) in [6, 6.07) is -0.466. The van der Waals surface area contributed by atoms with Crippen LogP contribution in [0.15, 0.2) is 0 Å². The number of unbranched alkanes of at least 4 members (excludes halogenated alkanes) is 12. The van der Waals surface area contributed by atoms with Gasteiger partial charge in [0.1, 0.15) is 6.04 Å². The molecule has 1 amide bonds. The third-order valence-electron chi connectivity index (χ3n) is 5.79. The first-order chi connectivity index (χ1) is 14.6. The van der Waals surface area contributed by atoms with Gasteiger partial charge >= 0.3 is 12.1 Å². The SMILES string of the molecule is CCCCCCCCCCCCCCCOC(=O)[C@@H]1CCCN1C(=O)OCC(C)C. The predicted octanol–water partition coefficient (Wildman–Crippen LogP) is 6.88. The molecule has 176 valence electrons. The van der Waals surface area contributed by atoms with Crippen LogP contribution in [0.25, 0.3) is 0 Å². The zero-order valence-corrected chi connectivity index (χ0v) is 20.0. The summed E-state index contributed by atoms with van der Waals surface area (Å²) in [5.41, 5.74) is 0. The first kappa shape index (κ1) is 26.8. The summed E-state index contributed by atoms with van der Waals surface area (Å²) in [6.07, 6.45) is 18.0. The Kier molecular flexibility index (Phi) is 15.6. The predicted molar refractivity (Wildman–Crippen MR) is 123 cm³/mol. The molecule has 5 heteroatoms. The first-order valence-electron chi connectivity index (χ1n) is 12.7. The number of nitrogens with zero attached hydrogens (tertiary/aromatic N) is 1. The molecule has 30 heavy (non-hydrogen) atoms. The standard InChI is InChI=1S/C25H47NO4/c1-4-5-6-7-8-9-10-11-12-13-14-15-16-20-29-24(27)23-18-17-19-26(23)25(28)30-21-22(2)3/h22-23H,4-21H2,1-3H3/t23-/m0/s1. The van der Waals surface area contributed by atoms with Crippen molar-refractivity contribution in [1.29, 1.82) is 0 Å². The van der Waals surface area contributed by atoms with Gasteiger partial charge in [-0.05, 0) is 25.2 Å². The highest BCUT2D eigenvalue weighted by Crippen LogP contribution is 2.20. The number of hydrogen-bond donors (Lipinski definition) is 0. The van der Waals surface area contributed by atoms with E-state index in [9.17, 15) is 9.59 Å². The van der Waals surface area contributed by atoms with Crippen molar-refractivity contribution >= 4 is 12.1 Å². The average molecular weight is 426 g/mol. The Labute approximate surface area is 185 Å². The first-order valence-corrected chi connectivity index (χ1v) is 12.7. The summed E-state index contributed by atoms with van der Waals surface area (Å²) in [5, 5.41) is 0. The Morgan fingerprint density at radius 2 is 1.37 bits per heavy atom. The van der Waals surface area contributed by atoms with E-state index < -0.39 is 6.04 Å². The van der Waals surface area contributed by atoms with Crippen LogP contribution in [0.1, 0.15) is 117 Å². The van der Waals surface area contributed by atoms with Crippen molar-refractivity contribution in [3.05, 3.63) is 0 Å². The maximum Gasteiger partial charge on any atom is 0.410 e. The number of rotatable bonds is 17. The summed E-state index contributed by atoms with van der Waals surface area (Å²) in [5.74, 6) is 0.0189. The van der Waals surface area contributed by atoms with E-state index in [2.05, 4.69) is 6.92 Å². The van der Waals surface area contributed by atoms with E-state index >= 15 is 0 Å². The molecule has 1 saturated heterocycles. The van der Waals surface area contributed by atoms with E-state index in [1.165, 1.54) is 75.5 Å². The highest BCUT2D eigenvalue weighted by atomic mass is 16.6. The van der Waals surface area contributed by atoms with Crippen LogP contribution in [0.3, 0.4) is 0 Å². The molecule has 1 rings (SSSR count). The topological polar surface area (TPSA) is 55.8 Å². The largest absolute Gasteiger partial charge is 0.464 e. The van der Waals surface area contributed by atoms with Crippen LogP contribution in [0, 0.1) is 5.92 Å². The van der Waals surface area contributed by atoms with E-state index in [0.29, 0.717) is 26.2 Å². The van der Waals surface area contributed by atoms with Crippen LogP contribution in [0.5, 0.6) is 0 Å². The summed E-state index contributed by atoms with van der Waals surface area (Å²) in [6.45, 7) is 7.69. The Balaban J connectivity index is 1.98. The lowest BCUT2D eigenvalue weighted by Crippen LogP contribution is -2.42. The van der Waals surface area contributed by atoms with Crippen molar-refractivity contribution < 1.29 is 19.1 Å².